The van der Waals surface area contributed by atoms with Crippen LogP contribution >= 0.6 is 35.3 Å². The number of methoxy groups -OCH3 is 3. The van der Waals surface area contributed by atoms with Gasteiger partial charge in [0, 0.05) is 30.6 Å². The van der Waals surface area contributed by atoms with Gasteiger partial charge < -0.3 is 24.8 Å². The van der Waals surface area contributed by atoms with Crippen LogP contribution in [0.2, 0.25) is 0 Å². The van der Waals surface area contributed by atoms with Crippen LogP contribution in [0.25, 0.3) is 0 Å². The summed E-state index contributed by atoms with van der Waals surface area (Å²) in [5.74, 6) is 2.60. The zero-order chi connectivity index (χ0) is 20.4. The fraction of sp³-hybridized carbons (Fsp3) is 0.500. The molecule has 0 radical (unpaired) electrons. The molecule has 2 N–H and O–H groups in total. The highest BCUT2D eigenvalue weighted by Gasteiger charge is 2.13. The molecular weight excluding hydrogens is 503 g/mol. The molecule has 0 unspecified atom stereocenters. The average molecular weight is 534 g/mol. The summed E-state index contributed by atoms with van der Waals surface area (Å²) in [6.07, 6.45) is 3.87. The number of ether oxygens (including phenoxy) is 3. The first-order chi connectivity index (χ1) is 13.6. The maximum absolute atomic E-state index is 5.41. The molecule has 162 valence electrons. The number of guanidine groups is 1. The standard InChI is InChI=1S/C20H30N4O3S.HI/c1-6-15-13-23-18(28-15)8-9-22-20(21-7-2)24-12-14-10-16(25-3)19(27-5)17(11-14)26-4;/h10-11,13H,6-9,12H2,1-5H3,(H2,21,22,24);1H. The lowest BCUT2D eigenvalue weighted by atomic mass is 10.2. The predicted molar refractivity (Wildman–Crippen MR) is 130 cm³/mol. The monoisotopic (exact) mass is 534 g/mol. The second kappa shape index (κ2) is 13.5. The zero-order valence-corrected chi connectivity index (χ0v) is 20.9. The molecule has 1 heterocycles. The topological polar surface area (TPSA) is 77.0 Å². The maximum atomic E-state index is 5.41. The summed E-state index contributed by atoms with van der Waals surface area (Å²) in [6, 6.07) is 3.83. The minimum absolute atomic E-state index is 0. The number of hydrogen-bond acceptors (Lipinski definition) is 6. The van der Waals surface area contributed by atoms with Crippen LogP contribution in [0, 0.1) is 0 Å². The molecular formula is C20H31IN4O3S. The van der Waals surface area contributed by atoms with Crippen molar-refractivity contribution in [3.63, 3.8) is 0 Å². The number of nitrogens with zero attached hydrogens (tertiary/aromatic N) is 2. The van der Waals surface area contributed by atoms with E-state index in [4.69, 9.17) is 14.2 Å². The fourth-order valence-electron chi connectivity index (χ4n) is 2.65. The van der Waals surface area contributed by atoms with Gasteiger partial charge >= 0.3 is 0 Å². The smallest absolute Gasteiger partial charge is 0.203 e. The first kappa shape index (κ1) is 25.3. The number of rotatable bonds is 10. The minimum Gasteiger partial charge on any atom is -0.493 e. The van der Waals surface area contributed by atoms with E-state index < -0.39 is 0 Å². The van der Waals surface area contributed by atoms with Crippen molar-refractivity contribution in [1.29, 1.82) is 0 Å². The molecule has 0 saturated carbocycles. The Kier molecular flexibility index (Phi) is 11.7. The Labute approximate surface area is 194 Å². The van der Waals surface area contributed by atoms with E-state index in [1.54, 1.807) is 32.7 Å². The molecule has 9 heteroatoms. The van der Waals surface area contributed by atoms with E-state index in [0.717, 1.165) is 42.5 Å². The summed E-state index contributed by atoms with van der Waals surface area (Å²) in [5.41, 5.74) is 0.971. The maximum Gasteiger partial charge on any atom is 0.203 e. The second-order valence-electron chi connectivity index (χ2n) is 5.98. The van der Waals surface area contributed by atoms with Crippen LogP contribution in [0.4, 0.5) is 0 Å². The van der Waals surface area contributed by atoms with Crippen molar-refractivity contribution in [3.8, 4) is 17.2 Å². The molecule has 0 aliphatic carbocycles. The molecule has 2 rings (SSSR count). The SMILES string of the molecule is CCNC(=NCc1cc(OC)c(OC)c(OC)c1)NCCc1ncc(CC)s1.I. The zero-order valence-electron chi connectivity index (χ0n) is 17.7. The second-order valence-corrected chi connectivity index (χ2v) is 7.18. The summed E-state index contributed by atoms with van der Waals surface area (Å²) in [6.45, 7) is 6.25. The molecule has 0 saturated heterocycles. The summed E-state index contributed by atoms with van der Waals surface area (Å²) in [5, 5.41) is 7.78. The van der Waals surface area contributed by atoms with Gasteiger partial charge in [-0.2, -0.15) is 0 Å². The lowest BCUT2D eigenvalue weighted by molar-refractivity contribution is 0.324. The highest BCUT2D eigenvalue weighted by Crippen LogP contribution is 2.38. The van der Waals surface area contributed by atoms with Crippen molar-refractivity contribution in [3.05, 3.63) is 33.8 Å². The van der Waals surface area contributed by atoms with Crippen LogP contribution in [0.15, 0.2) is 23.3 Å². The Morgan fingerprint density at radius 1 is 1.07 bits per heavy atom. The van der Waals surface area contributed by atoms with Gasteiger partial charge in [-0.3, -0.25) is 0 Å². The Morgan fingerprint density at radius 3 is 2.28 bits per heavy atom. The molecule has 0 aliphatic rings. The van der Waals surface area contributed by atoms with Crippen molar-refractivity contribution in [2.24, 2.45) is 4.99 Å². The fourth-order valence-corrected chi connectivity index (χ4v) is 3.52. The Hall–Kier alpha value is -1.75. The molecule has 0 aliphatic heterocycles. The van der Waals surface area contributed by atoms with E-state index in [9.17, 15) is 0 Å². The van der Waals surface area contributed by atoms with E-state index in [0.29, 0.717) is 23.8 Å². The number of aliphatic imine (C=N–C) groups is 1. The highest BCUT2D eigenvalue weighted by molar-refractivity contribution is 14.0. The minimum atomic E-state index is 0. The van der Waals surface area contributed by atoms with Gasteiger partial charge in [0.2, 0.25) is 5.75 Å². The third-order valence-electron chi connectivity index (χ3n) is 4.07. The van der Waals surface area contributed by atoms with Gasteiger partial charge in [0.15, 0.2) is 17.5 Å². The number of halogens is 1. The number of hydrogen-bond donors (Lipinski definition) is 2. The highest BCUT2D eigenvalue weighted by atomic mass is 127. The third-order valence-corrected chi connectivity index (χ3v) is 5.27. The number of thiazole rings is 1. The van der Waals surface area contributed by atoms with Gasteiger partial charge in [-0.25, -0.2) is 9.98 Å². The number of nitrogens with one attached hydrogen (secondary N) is 2. The summed E-state index contributed by atoms with van der Waals surface area (Å²) < 4.78 is 16.2. The lowest BCUT2D eigenvalue weighted by Crippen LogP contribution is -2.38. The van der Waals surface area contributed by atoms with Crippen molar-refractivity contribution in [1.82, 2.24) is 15.6 Å². The van der Waals surface area contributed by atoms with Gasteiger partial charge in [-0.05, 0) is 31.0 Å². The Balaban J connectivity index is 0.00000420. The van der Waals surface area contributed by atoms with Crippen LogP contribution in [0.5, 0.6) is 17.2 Å². The van der Waals surface area contributed by atoms with Gasteiger partial charge in [0.05, 0.1) is 32.9 Å². The van der Waals surface area contributed by atoms with Crippen LogP contribution in [0.1, 0.15) is 29.3 Å². The Morgan fingerprint density at radius 2 is 1.76 bits per heavy atom. The van der Waals surface area contributed by atoms with E-state index in [2.05, 4.69) is 27.5 Å². The number of aromatic nitrogens is 1. The van der Waals surface area contributed by atoms with E-state index in [-0.39, 0.29) is 24.0 Å². The molecule has 2 aromatic rings. The van der Waals surface area contributed by atoms with Crippen LogP contribution in [0.3, 0.4) is 0 Å². The van der Waals surface area contributed by atoms with E-state index >= 15 is 0 Å². The average Bonchev–Trinajstić information content (AvgIpc) is 3.19. The molecule has 29 heavy (non-hydrogen) atoms. The molecule has 0 spiro atoms. The van der Waals surface area contributed by atoms with Crippen molar-refractivity contribution in [2.75, 3.05) is 34.4 Å². The van der Waals surface area contributed by atoms with Gasteiger partial charge in [-0.1, -0.05) is 6.92 Å². The molecule has 1 aromatic heterocycles. The molecule has 1 aromatic carbocycles. The first-order valence-corrected chi connectivity index (χ1v) is 10.2. The number of aryl methyl sites for hydroxylation is 1. The number of benzene rings is 1. The van der Waals surface area contributed by atoms with Crippen LogP contribution in [-0.4, -0.2) is 45.4 Å². The third kappa shape index (κ3) is 7.54. The largest absolute Gasteiger partial charge is 0.493 e. The van der Waals surface area contributed by atoms with Gasteiger partial charge in [-0.15, -0.1) is 35.3 Å². The van der Waals surface area contributed by atoms with E-state index in [1.807, 2.05) is 25.3 Å². The van der Waals surface area contributed by atoms with Gasteiger partial charge in [0.1, 0.15) is 0 Å². The molecule has 0 amide bonds. The predicted octanol–water partition coefficient (Wildman–Crippen LogP) is 3.65. The van der Waals surface area contributed by atoms with Crippen molar-refractivity contribution in [2.45, 2.75) is 33.2 Å². The molecule has 7 nitrogen and oxygen atoms in total. The normalized spacial score (nSPS) is 10.9. The first-order valence-electron chi connectivity index (χ1n) is 9.39. The quantitative estimate of drug-likeness (QED) is 0.276. The lowest BCUT2D eigenvalue weighted by Gasteiger charge is -2.14. The molecule has 0 fully saturated rings. The van der Waals surface area contributed by atoms with E-state index in [1.165, 1.54) is 4.88 Å². The summed E-state index contributed by atoms with van der Waals surface area (Å²) in [4.78, 5) is 10.4. The van der Waals surface area contributed by atoms with Gasteiger partial charge in [0.25, 0.3) is 0 Å². The molecule has 0 bridgehead atoms. The van der Waals surface area contributed by atoms with Crippen molar-refractivity contribution < 1.29 is 14.2 Å². The Bertz CT molecular complexity index is 758. The van der Waals surface area contributed by atoms with Crippen LogP contribution < -0.4 is 24.8 Å². The molecule has 0 atom stereocenters. The van der Waals surface area contributed by atoms with Crippen LogP contribution in [-0.2, 0) is 19.4 Å². The summed E-state index contributed by atoms with van der Waals surface area (Å²) in [7, 11) is 4.81. The van der Waals surface area contributed by atoms with Crippen molar-refractivity contribution >= 4 is 41.3 Å². The summed E-state index contributed by atoms with van der Waals surface area (Å²) >= 11 is 1.77.